The molecule has 2 heteroatoms. The van der Waals surface area contributed by atoms with E-state index in [4.69, 9.17) is 0 Å². The van der Waals surface area contributed by atoms with Gasteiger partial charge in [0.25, 0.3) is 0 Å². The summed E-state index contributed by atoms with van der Waals surface area (Å²) in [6, 6.07) is 0. The van der Waals surface area contributed by atoms with Crippen LogP contribution in [-0.4, -0.2) is 11.6 Å². The minimum atomic E-state index is 0.0197. The highest BCUT2D eigenvalue weighted by Crippen LogP contribution is 2.54. The van der Waals surface area contributed by atoms with Gasteiger partial charge in [-0.15, -0.1) is 0 Å². The Bertz CT molecular complexity index is 356. The second-order valence-electron chi connectivity index (χ2n) is 5.28. The van der Waals surface area contributed by atoms with Crippen LogP contribution in [0.5, 0.6) is 0 Å². The lowest BCUT2D eigenvalue weighted by atomic mass is 9.74. The van der Waals surface area contributed by atoms with Crippen molar-refractivity contribution in [2.75, 3.05) is 0 Å². The first kappa shape index (κ1) is 9.32. The zero-order valence-corrected chi connectivity index (χ0v) is 8.87. The molecular weight excluding hydrogens is 188 g/mol. The van der Waals surface area contributed by atoms with Gasteiger partial charge in [-0.3, -0.25) is 9.59 Å². The van der Waals surface area contributed by atoms with Gasteiger partial charge in [0, 0.05) is 24.7 Å². The Hall–Kier alpha value is -0.920. The Labute approximate surface area is 89.7 Å². The van der Waals surface area contributed by atoms with Gasteiger partial charge in [0.15, 0.2) is 0 Å². The van der Waals surface area contributed by atoms with Gasteiger partial charge in [0.05, 0.1) is 0 Å². The second kappa shape index (κ2) is 3.03. The number of allylic oxidation sites excluding steroid dienone is 1. The highest BCUT2D eigenvalue weighted by molar-refractivity contribution is 5.97. The van der Waals surface area contributed by atoms with Gasteiger partial charge in [-0.05, 0) is 31.1 Å². The van der Waals surface area contributed by atoms with Crippen molar-refractivity contribution in [2.24, 2.45) is 23.7 Å². The van der Waals surface area contributed by atoms with Gasteiger partial charge >= 0.3 is 0 Å². The first-order valence-electron chi connectivity index (χ1n) is 5.91. The number of fused-ring (bicyclic) bond motifs is 5. The maximum Gasteiger partial charge on any atom is 0.137 e. The van der Waals surface area contributed by atoms with Gasteiger partial charge in [0.2, 0.25) is 0 Å². The molecule has 0 spiro atoms. The van der Waals surface area contributed by atoms with E-state index in [1.165, 1.54) is 5.57 Å². The summed E-state index contributed by atoms with van der Waals surface area (Å²) in [5, 5.41) is 0. The SMILES string of the molecule is C=C1CCC2CC1[C@H]1C(=O)CCC(=O)[C@@H]21. The normalized spacial score (nSPS) is 44.4. The predicted molar refractivity (Wildman–Crippen MR) is 56.2 cm³/mol. The molecule has 80 valence electrons. The average molecular weight is 204 g/mol. The van der Waals surface area contributed by atoms with Crippen molar-refractivity contribution in [3.8, 4) is 0 Å². The summed E-state index contributed by atoms with van der Waals surface area (Å²) >= 11 is 0. The number of rotatable bonds is 0. The maximum atomic E-state index is 11.9. The number of ketones is 2. The summed E-state index contributed by atoms with van der Waals surface area (Å²) in [5.74, 6) is 1.59. The molecule has 3 fully saturated rings. The molecule has 2 bridgehead atoms. The molecule has 2 unspecified atom stereocenters. The number of Topliss-reactive ketones (excluding diaryl/α,β-unsaturated/α-hetero) is 2. The first-order chi connectivity index (χ1) is 7.18. The monoisotopic (exact) mass is 204 g/mol. The average Bonchev–Trinajstić information content (AvgIpc) is 2.55. The van der Waals surface area contributed by atoms with Crippen LogP contribution in [-0.2, 0) is 9.59 Å². The molecule has 0 amide bonds. The smallest absolute Gasteiger partial charge is 0.137 e. The van der Waals surface area contributed by atoms with Gasteiger partial charge < -0.3 is 0 Å². The third-order valence-corrected chi connectivity index (χ3v) is 4.61. The maximum absolute atomic E-state index is 11.9. The Balaban J connectivity index is 2.01. The molecule has 0 aromatic heterocycles. The highest BCUT2D eigenvalue weighted by Gasteiger charge is 2.53. The zero-order chi connectivity index (χ0) is 10.6. The van der Waals surface area contributed by atoms with Crippen LogP contribution in [0.3, 0.4) is 0 Å². The number of hydrogen-bond donors (Lipinski definition) is 0. The van der Waals surface area contributed by atoms with Crippen molar-refractivity contribution in [3.05, 3.63) is 12.2 Å². The lowest BCUT2D eigenvalue weighted by molar-refractivity contribution is -0.138. The molecule has 0 N–H and O–H groups in total. The molecule has 4 atom stereocenters. The minimum Gasteiger partial charge on any atom is -0.299 e. The van der Waals surface area contributed by atoms with Crippen LogP contribution in [0, 0.1) is 23.7 Å². The van der Waals surface area contributed by atoms with Gasteiger partial charge in [-0.1, -0.05) is 12.2 Å². The fourth-order valence-corrected chi connectivity index (χ4v) is 3.90. The quantitative estimate of drug-likeness (QED) is 0.566. The molecule has 3 saturated carbocycles. The van der Waals surface area contributed by atoms with Crippen LogP contribution < -0.4 is 0 Å². The second-order valence-corrected chi connectivity index (χ2v) is 5.28. The Morgan fingerprint density at radius 2 is 1.67 bits per heavy atom. The van der Waals surface area contributed by atoms with E-state index < -0.39 is 0 Å². The predicted octanol–water partition coefficient (Wildman–Crippen LogP) is 2.14. The van der Waals surface area contributed by atoms with E-state index in [9.17, 15) is 9.59 Å². The molecule has 0 saturated heterocycles. The Morgan fingerprint density at radius 1 is 1.00 bits per heavy atom. The highest BCUT2D eigenvalue weighted by atomic mass is 16.1. The molecule has 0 heterocycles. The van der Waals surface area contributed by atoms with Crippen molar-refractivity contribution in [1.82, 2.24) is 0 Å². The first-order valence-corrected chi connectivity index (χ1v) is 5.91. The summed E-state index contributed by atoms with van der Waals surface area (Å²) in [6.45, 7) is 4.08. The minimum absolute atomic E-state index is 0.0197. The van der Waals surface area contributed by atoms with Crippen LogP contribution in [0.25, 0.3) is 0 Å². The van der Waals surface area contributed by atoms with Crippen molar-refractivity contribution < 1.29 is 9.59 Å². The van der Waals surface area contributed by atoms with E-state index in [2.05, 4.69) is 6.58 Å². The summed E-state index contributed by atoms with van der Waals surface area (Å²) < 4.78 is 0. The molecule has 2 nitrogen and oxygen atoms in total. The van der Waals surface area contributed by atoms with Crippen molar-refractivity contribution >= 4 is 11.6 Å². The summed E-state index contributed by atoms with van der Waals surface area (Å²) in [5.41, 5.74) is 1.22. The van der Waals surface area contributed by atoms with Gasteiger partial charge in [-0.25, -0.2) is 0 Å². The Morgan fingerprint density at radius 3 is 2.40 bits per heavy atom. The Kier molecular flexibility index (Phi) is 1.88. The third kappa shape index (κ3) is 1.17. The molecule has 15 heavy (non-hydrogen) atoms. The molecule has 3 aliphatic rings. The van der Waals surface area contributed by atoms with E-state index in [0.717, 1.165) is 19.3 Å². The van der Waals surface area contributed by atoms with Crippen LogP contribution in [0.4, 0.5) is 0 Å². The van der Waals surface area contributed by atoms with E-state index in [1.807, 2.05) is 0 Å². The van der Waals surface area contributed by atoms with Crippen molar-refractivity contribution in [3.63, 3.8) is 0 Å². The van der Waals surface area contributed by atoms with Gasteiger partial charge in [-0.2, -0.15) is 0 Å². The molecule has 0 aromatic carbocycles. The fraction of sp³-hybridized carbons (Fsp3) is 0.692. The van der Waals surface area contributed by atoms with Crippen LogP contribution in [0.2, 0.25) is 0 Å². The molecular formula is C13H16O2. The number of carbonyl (C=O) groups excluding carboxylic acids is 2. The number of carbonyl (C=O) groups is 2. The van der Waals surface area contributed by atoms with Crippen LogP contribution in [0.15, 0.2) is 12.2 Å². The zero-order valence-electron chi connectivity index (χ0n) is 8.87. The van der Waals surface area contributed by atoms with Crippen LogP contribution in [0.1, 0.15) is 32.1 Å². The summed E-state index contributed by atoms with van der Waals surface area (Å²) in [4.78, 5) is 23.8. The van der Waals surface area contributed by atoms with E-state index >= 15 is 0 Å². The van der Waals surface area contributed by atoms with Crippen molar-refractivity contribution in [1.29, 1.82) is 0 Å². The fourth-order valence-electron chi connectivity index (χ4n) is 3.90. The molecule has 3 rings (SSSR count). The third-order valence-electron chi connectivity index (χ3n) is 4.61. The number of hydrogen-bond acceptors (Lipinski definition) is 2. The van der Waals surface area contributed by atoms with E-state index in [1.54, 1.807) is 0 Å². The molecule has 0 aromatic rings. The summed E-state index contributed by atoms with van der Waals surface area (Å²) in [6.07, 6.45) is 4.14. The topological polar surface area (TPSA) is 34.1 Å². The summed E-state index contributed by atoms with van der Waals surface area (Å²) in [7, 11) is 0. The molecule has 0 radical (unpaired) electrons. The lowest BCUT2D eigenvalue weighted by Crippen LogP contribution is -2.36. The van der Waals surface area contributed by atoms with E-state index in [0.29, 0.717) is 36.2 Å². The van der Waals surface area contributed by atoms with Crippen LogP contribution >= 0.6 is 0 Å². The van der Waals surface area contributed by atoms with E-state index in [-0.39, 0.29) is 11.8 Å². The largest absolute Gasteiger partial charge is 0.299 e. The van der Waals surface area contributed by atoms with Gasteiger partial charge in [0.1, 0.15) is 11.6 Å². The lowest BCUT2D eigenvalue weighted by Gasteiger charge is -2.27. The molecule has 3 aliphatic carbocycles. The van der Waals surface area contributed by atoms with Crippen molar-refractivity contribution in [2.45, 2.75) is 32.1 Å². The standard InChI is InChI=1S/C13H16O2/c1-7-2-3-8-6-9(7)13-11(15)5-4-10(14)12(8)13/h8-9,12-13H,1-6H2/t8?,9?,12-,13+/m1/s1. The molecule has 0 aliphatic heterocycles.